The van der Waals surface area contributed by atoms with E-state index >= 15 is 0 Å². The Morgan fingerprint density at radius 1 is 1.00 bits per heavy atom. The van der Waals surface area contributed by atoms with Crippen LogP contribution in [0, 0.1) is 0 Å². The number of nitrogens with two attached hydrogens (primary N) is 1. The number of anilines is 1. The molecule has 4 rings (SSSR count). The molecule has 4 atom stereocenters. The van der Waals surface area contributed by atoms with Gasteiger partial charge in [0, 0.05) is 0 Å². The highest BCUT2D eigenvalue weighted by atomic mass is 32.2. The molecule has 0 spiro atoms. The van der Waals surface area contributed by atoms with Crippen molar-refractivity contribution in [1.82, 2.24) is 19.5 Å². The maximum Gasteiger partial charge on any atom is 0.167 e. The summed E-state index contributed by atoms with van der Waals surface area (Å²) in [6.45, 7) is 0. The van der Waals surface area contributed by atoms with Gasteiger partial charge in [-0.15, -0.1) is 0 Å². The van der Waals surface area contributed by atoms with Gasteiger partial charge in [-0.1, -0.05) is 24.3 Å². The molecular weight excluding hydrogens is 366 g/mol. The molecule has 0 unspecified atom stereocenters. The van der Waals surface area contributed by atoms with E-state index in [0.29, 0.717) is 16.9 Å². The van der Waals surface area contributed by atoms with Gasteiger partial charge in [0.25, 0.3) is 0 Å². The molecule has 0 radical (unpaired) electrons. The fourth-order valence-corrected chi connectivity index (χ4v) is 4.60. The third-order valence-electron chi connectivity index (χ3n) is 4.42. The number of fused-ring (bicyclic) bond motifs is 1. The summed E-state index contributed by atoms with van der Waals surface area (Å²) in [5.41, 5.74) is 6.71. The van der Waals surface area contributed by atoms with Crippen molar-refractivity contribution in [2.24, 2.45) is 0 Å². The van der Waals surface area contributed by atoms with Crippen LogP contribution in [0.4, 0.5) is 5.82 Å². The van der Waals surface area contributed by atoms with Gasteiger partial charge < -0.3 is 20.7 Å². The first-order valence-electron chi connectivity index (χ1n) is 8.46. The zero-order chi connectivity index (χ0) is 18.8. The van der Waals surface area contributed by atoms with Gasteiger partial charge in [-0.3, -0.25) is 4.57 Å². The van der Waals surface area contributed by atoms with Crippen LogP contribution >= 0.6 is 10.5 Å². The third kappa shape index (κ3) is 3.50. The number of rotatable bonds is 3. The van der Waals surface area contributed by atoms with Crippen LogP contribution in [0.5, 0.6) is 0 Å². The molecule has 4 heterocycles. The number of hydrogen-bond acceptors (Lipinski definition) is 7. The molecule has 0 amide bonds. The number of nitrogen functional groups attached to an aromatic ring is 1. The fraction of sp³-hybridized carbons (Fsp3) is 0.278. The molecule has 8 nitrogen and oxygen atoms in total. The van der Waals surface area contributed by atoms with Crippen LogP contribution in [0.3, 0.4) is 0 Å². The van der Waals surface area contributed by atoms with Gasteiger partial charge in [0.2, 0.25) is 0 Å². The number of imidazole rings is 1. The monoisotopic (exact) mass is 386 g/mol. The molecular formula is C18H20N5O3S+. The molecule has 1 fully saturated rings. The van der Waals surface area contributed by atoms with Crippen molar-refractivity contribution in [3.8, 4) is 0 Å². The molecule has 140 valence electrons. The van der Waals surface area contributed by atoms with Crippen molar-refractivity contribution < 1.29 is 14.9 Å². The van der Waals surface area contributed by atoms with E-state index in [1.807, 2.05) is 36.4 Å². The second-order valence-electron chi connectivity index (χ2n) is 6.19. The Labute approximate surface area is 158 Å². The number of aliphatic hydroxyl groups excluding tert-OH is 2. The van der Waals surface area contributed by atoms with E-state index in [1.165, 1.54) is 12.7 Å². The zero-order valence-electron chi connectivity index (χ0n) is 14.4. The SMILES string of the molecule is Nc1ncnc2c1ncn2[C@@H]1O[C@H](C[s+]2cccccccc2)[C@@H](O)[C@H]1O. The standard InChI is InChI=1S/C18H20N5O3S/c19-16-13-17(21-10-20-16)23(11-22-13)18-15(25)14(24)12(26-18)9-27-7-5-3-1-2-4-6-8-27/h1-8,10-12,14-15,18,24-25H,9H2,(H2,19,20,21)/q+1/t12-,14-,15-,18-,27?/m1/s1. The second kappa shape index (κ2) is 7.57. The summed E-state index contributed by atoms with van der Waals surface area (Å²) in [7, 11) is -0.232. The summed E-state index contributed by atoms with van der Waals surface area (Å²) in [6, 6.07) is 11.8. The van der Waals surface area contributed by atoms with Crippen LogP contribution in [0.25, 0.3) is 11.2 Å². The van der Waals surface area contributed by atoms with Gasteiger partial charge in [0.1, 0.15) is 40.9 Å². The predicted molar refractivity (Wildman–Crippen MR) is 102 cm³/mol. The number of hydrogen-bond donors (Lipinski definition) is 3. The van der Waals surface area contributed by atoms with E-state index < -0.39 is 24.5 Å². The lowest BCUT2D eigenvalue weighted by Crippen LogP contribution is -2.31. The fourth-order valence-electron chi connectivity index (χ4n) is 3.05. The largest absolute Gasteiger partial charge is 0.387 e. The van der Waals surface area contributed by atoms with Crippen molar-refractivity contribution >= 4 is 27.5 Å². The van der Waals surface area contributed by atoms with Crippen LogP contribution in [0.1, 0.15) is 6.23 Å². The van der Waals surface area contributed by atoms with E-state index in [9.17, 15) is 10.2 Å². The summed E-state index contributed by atoms with van der Waals surface area (Å²) in [6.07, 6.45) is -0.597. The summed E-state index contributed by atoms with van der Waals surface area (Å²) in [4.78, 5) is 12.3. The van der Waals surface area contributed by atoms with Gasteiger partial charge in [0.15, 0.2) is 23.4 Å². The normalized spacial score (nSPS) is 24.8. The highest BCUT2D eigenvalue weighted by Gasteiger charge is 2.46. The molecule has 1 aliphatic heterocycles. The number of nitrogens with zero attached hydrogens (tertiary/aromatic N) is 4. The highest BCUT2D eigenvalue weighted by Crippen LogP contribution is 2.35. The first-order valence-corrected chi connectivity index (χ1v) is 9.98. The molecule has 0 saturated carbocycles. The Bertz CT molecular complexity index is 966. The highest BCUT2D eigenvalue weighted by molar-refractivity contribution is 7.27. The second-order valence-corrected chi connectivity index (χ2v) is 8.01. The van der Waals surface area contributed by atoms with Crippen molar-refractivity contribution in [1.29, 1.82) is 0 Å². The molecule has 4 N–H and O–H groups in total. The Balaban J connectivity index is 1.61. The molecule has 9 heteroatoms. The summed E-state index contributed by atoms with van der Waals surface area (Å²) < 4.78 is 7.60. The minimum Gasteiger partial charge on any atom is -0.387 e. The van der Waals surface area contributed by atoms with Gasteiger partial charge in [-0.2, -0.15) is 0 Å². The average molecular weight is 386 g/mol. The number of aliphatic hydroxyl groups is 2. The maximum atomic E-state index is 10.5. The van der Waals surface area contributed by atoms with Gasteiger partial charge in [0.05, 0.1) is 6.33 Å². The Morgan fingerprint density at radius 2 is 1.70 bits per heavy atom. The zero-order valence-corrected chi connectivity index (χ0v) is 15.2. The lowest BCUT2D eigenvalue weighted by Gasteiger charge is -2.16. The lowest BCUT2D eigenvalue weighted by molar-refractivity contribution is -0.0320. The molecule has 3 aromatic heterocycles. The van der Waals surface area contributed by atoms with Crippen LogP contribution in [0.2, 0.25) is 0 Å². The number of ether oxygens (including phenoxy) is 1. The number of aromatic nitrogens is 4. The van der Waals surface area contributed by atoms with Crippen molar-refractivity contribution in [2.45, 2.75) is 30.3 Å². The molecule has 1 saturated heterocycles. The van der Waals surface area contributed by atoms with Gasteiger partial charge in [-0.05, 0) is 22.6 Å². The Kier molecular flexibility index (Phi) is 4.99. The minimum atomic E-state index is -1.10. The molecule has 0 aromatic carbocycles. The predicted octanol–water partition coefficient (Wildman–Crippen LogP) is 1.60. The topological polar surface area (TPSA) is 119 Å². The molecule has 27 heavy (non-hydrogen) atoms. The maximum absolute atomic E-state index is 10.5. The van der Waals surface area contributed by atoms with Crippen LogP contribution < -0.4 is 5.73 Å². The minimum absolute atomic E-state index is 0.232. The Hall–Kier alpha value is -2.59. The van der Waals surface area contributed by atoms with Gasteiger partial charge >= 0.3 is 0 Å². The molecule has 1 aliphatic rings. The first kappa shape index (κ1) is 17.8. The first-order chi connectivity index (χ1) is 13.1. The molecule has 3 aromatic rings. The summed E-state index contributed by atoms with van der Waals surface area (Å²) in [5, 5.41) is 25.2. The van der Waals surface area contributed by atoms with E-state index in [0.717, 1.165) is 0 Å². The summed E-state index contributed by atoms with van der Waals surface area (Å²) >= 11 is 0. The Morgan fingerprint density at radius 3 is 2.44 bits per heavy atom. The quantitative estimate of drug-likeness (QED) is 0.585. The van der Waals surface area contributed by atoms with E-state index in [-0.39, 0.29) is 16.3 Å². The van der Waals surface area contributed by atoms with Gasteiger partial charge in [-0.25, -0.2) is 15.0 Å². The van der Waals surface area contributed by atoms with E-state index in [2.05, 4.69) is 25.7 Å². The van der Waals surface area contributed by atoms with Crippen molar-refractivity contribution in [3.63, 3.8) is 0 Å². The van der Waals surface area contributed by atoms with Crippen molar-refractivity contribution in [3.05, 3.63) is 59.8 Å². The van der Waals surface area contributed by atoms with Crippen LogP contribution in [-0.4, -0.2) is 48.0 Å². The van der Waals surface area contributed by atoms with E-state index in [1.54, 1.807) is 4.57 Å². The van der Waals surface area contributed by atoms with Crippen LogP contribution in [0.15, 0.2) is 59.8 Å². The third-order valence-corrected chi connectivity index (χ3v) is 6.14. The van der Waals surface area contributed by atoms with E-state index in [4.69, 9.17) is 10.5 Å². The summed E-state index contributed by atoms with van der Waals surface area (Å²) in [5.74, 6) is 0.819. The van der Waals surface area contributed by atoms with Crippen molar-refractivity contribution in [2.75, 3.05) is 5.73 Å². The average Bonchev–Trinajstić information content (AvgIpc) is 3.23. The molecule has 0 aliphatic carbocycles. The lowest BCUT2D eigenvalue weighted by atomic mass is 10.1. The molecule has 0 bridgehead atoms. The van der Waals surface area contributed by atoms with Crippen LogP contribution in [-0.2, 0) is 10.5 Å². The smallest absolute Gasteiger partial charge is 0.167 e.